The summed E-state index contributed by atoms with van der Waals surface area (Å²) in [5, 5.41) is 4.07. The van der Waals surface area contributed by atoms with Crippen molar-refractivity contribution in [2.24, 2.45) is 0 Å². The number of thioether (sulfide) groups is 1. The quantitative estimate of drug-likeness (QED) is 0.464. The Morgan fingerprint density at radius 2 is 1.97 bits per heavy atom. The van der Waals surface area contributed by atoms with Crippen LogP contribution < -0.4 is 10.7 Å². The summed E-state index contributed by atoms with van der Waals surface area (Å²) in [5.74, 6) is 0.159. The molecule has 0 aliphatic carbocycles. The van der Waals surface area contributed by atoms with Gasteiger partial charge in [0.2, 0.25) is 10.3 Å². The van der Waals surface area contributed by atoms with Gasteiger partial charge in [0.25, 0.3) is 5.91 Å². The molecule has 1 amide bonds. The Morgan fingerprint density at radius 1 is 1.17 bits per heavy atom. The highest BCUT2D eigenvalue weighted by atomic mass is 32.2. The van der Waals surface area contributed by atoms with Crippen molar-refractivity contribution in [1.82, 2.24) is 9.36 Å². The second-order valence-corrected chi connectivity index (χ2v) is 8.24. The molecule has 2 aromatic heterocycles. The Balaban J connectivity index is 1.50. The monoisotopic (exact) mass is 423 g/mol. The Morgan fingerprint density at radius 3 is 2.76 bits per heavy atom. The average Bonchev–Trinajstić information content (AvgIpc) is 3.15. The largest absolute Gasteiger partial charge is 0.450 e. The van der Waals surface area contributed by atoms with Crippen LogP contribution in [0.1, 0.15) is 27.2 Å². The molecule has 0 saturated heterocycles. The summed E-state index contributed by atoms with van der Waals surface area (Å²) < 4.78 is 9.97. The van der Waals surface area contributed by atoms with Crippen LogP contribution in [0.25, 0.3) is 11.0 Å². The minimum absolute atomic E-state index is 0.0526. The highest BCUT2D eigenvalue weighted by Gasteiger charge is 2.16. The van der Waals surface area contributed by atoms with E-state index >= 15 is 0 Å². The van der Waals surface area contributed by atoms with E-state index < -0.39 is 5.91 Å². The van der Waals surface area contributed by atoms with E-state index in [9.17, 15) is 9.59 Å². The van der Waals surface area contributed by atoms with Crippen molar-refractivity contribution in [3.05, 3.63) is 81.2 Å². The number of nitrogens with one attached hydrogen (secondary N) is 1. The van der Waals surface area contributed by atoms with E-state index in [0.717, 1.165) is 28.4 Å². The molecular weight excluding hydrogens is 406 g/mol. The molecule has 0 aliphatic heterocycles. The Labute approximate surface area is 175 Å². The fraction of sp³-hybridized carbons (Fsp3) is 0.143. The second-order valence-electron chi connectivity index (χ2n) is 6.54. The third-order valence-electron chi connectivity index (χ3n) is 4.22. The lowest BCUT2D eigenvalue weighted by Gasteiger charge is -2.06. The van der Waals surface area contributed by atoms with Gasteiger partial charge in [-0.25, -0.2) is 0 Å². The topological polar surface area (TPSA) is 85.1 Å². The van der Waals surface area contributed by atoms with Crippen molar-refractivity contribution < 1.29 is 9.21 Å². The molecule has 0 atom stereocenters. The predicted molar refractivity (Wildman–Crippen MR) is 116 cm³/mol. The molecule has 4 aromatic rings. The van der Waals surface area contributed by atoms with Gasteiger partial charge in [-0.2, -0.15) is 9.36 Å². The number of rotatable bonds is 5. The van der Waals surface area contributed by atoms with E-state index in [2.05, 4.69) is 14.7 Å². The summed E-state index contributed by atoms with van der Waals surface area (Å²) in [7, 11) is 0. The molecule has 0 fully saturated rings. The normalized spacial score (nSPS) is 11.0. The first kappa shape index (κ1) is 19.4. The molecule has 2 heterocycles. The molecular formula is C21H17N3O3S2. The lowest BCUT2D eigenvalue weighted by atomic mass is 10.1. The molecule has 0 bridgehead atoms. The van der Waals surface area contributed by atoms with Gasteiger partial charge in [0.1, 0.15) is 5.58 Å². The first-order valence-electron chi connectivity index (χ1n) is 8.86. The van der Waals surface area contributed by atoms with E-state index in [1.165, 1.54) is 23.4 Å². The van der Waals surface area contributed by atoms with Crippen LogP contribution in [0.3, 0.4) is 0 Å². The zero-order valence-corrected chi connectivity index (χ0v) is 17.4. The van der Waals surface area contributed by atoms with Gasteiger partial charge in [0.15, 0.2) is 11.2 Å². The summed E-state index contributed by atoms with van der Waals surface area (Å²) in [4.78, 5) is 29.3. The van der Waals surface area contributed by atoms with Crippen molar-refractivity contribution in [2.75, 3.05) is 5.32 Å². The van der Waals surface area contributed by atoms with Gasteiger partial charge in [-0.1, -0.05) is 48.2 Å². The standard InChI is InChI=1S/C21H17N3O3S2/c1-12-8-13(2)18-15(9-12)16(25)10-17(27-18)19(26)22-20-23-21(24-29-20)28-11-14-6-4-3-5-7-14/h3-10H,11H2,1-2H3,(H,22,23,24,26). The summed E-state index contributed by atoms with van der Waals surface area (Å²) in [5.41, 5.74) is 3.11. The summed E-state index contributed by atoms with van der Waals surface area (Å²) in [6.45, 7) is 3.76. The van der Waals surface area contributed by atoms with E-state index in [1.807, 2.05) is 50.2 Å². The van der Waals surface area contributed by atoms with Crippen LogP contribution in [-0.4, -0.2) is 15.3 Å². The maximum atomic E-state index is 12.6. The molecule has 4 rings (SSSR count). The summed E-state index contributed by atoms with van der Waals surface area (Å²) >= 11 is 2.58. The van der Waals surface area contributed by atoms with Gasteiger partial charge in [-0.05, 0) is 36.6 Å². The molecule has 0 aliphatic rings. The third kappa shape index (κ3) is 4.38. The van der Waals surface area contributed by atoms with Gasteiger partial charge in [-0.15, -0.1) is 0 Å². The smallest absolute Gasteiger partial charge is 0.293 e. The molecule has 2 aromatic carbocycles. The molecule has 8 heteroatoms. The number of amides is 1. The minimum Gasteiger partial charge on any atom is -0.450 e. The highest BCUT2D eigenvalue weighted by molar-refractivity contribution is 7.98. The van der Waals surface area contributed by atoms with E-state index in [-0.39, 0.29) is 11.2 Å². The molecule has 6 nitrogen and oxygen atoms in total. The first-order valence-corrected chi connectivity index (χ1v) is 10.6. The van der Waals surface area contributed by atoms with Crippen molar-refractivity contribution >= 4 is 45.3 Å². The molecule has 0 spiro atoms. The number of nitrogens with zero attached hydrogens (tertiary/aromatic N) is 2. The highest BCUT2D eigenvalue weighted by Crippen LogP contribution is 2.24. The molecule has 0 radical (unpaired) electrons. The predicted octanol–water partition coefficient (Wildman–Crippen LogP) is 4.81. The van der Waals surface area contributed by atoms with Crippen LogP contribution in [0.4, 0.5) is 5.13 Å². The fourth-order valence-corrected chi connectivity index (χ4v) is 4.42. The number of aromatic nitrogens is 2. The number of fused-ring (bicyclic) bond motifs is 1. The van der Waals surface area contributed by atoms with Crippen molar-refractivity contribution in [3.63, 3.8) is 0 Å². The van der Waals surface area contributed by atoms with E-state index in [4.69, 9.17) is 4.42 Å². The zero-order valence-electron chi connectivity index (χ0n) is 15.8. The molecule has 0 saturated carbocycles. The maximum Gasteiger partial charge on any atom is 0.293 e. The number of benzene rings is 2. The van der Waals surface area contributed by atoms with Gasteiger partial charge in [-0.3, -0.25) is 14.9 Å². The van der Waals surface area contributed by atoms with Crippen LogP contribution in [0.5, 0.6) is 0 Å². The SMILES string of the molecule is Cc1cc(C)c2oc(C(=O)Nc3nc(SCc4ccccc4)ns3)cc(=O)c2c1. The Kier molecular flexibility index (Phi) is 5.46. The van der Waals surface area contributed by atoms with Gasteiger partial charge in [0.05, 0.1) is 5.39 Å². The summed E-state index contributed by atoms with van der Waals surface area (Å²) in [6.07, 6.45) is 0. The number of anilines is 1. The Bertz CT molecular complexity index is 1250. The molecule has 146 valence electrons. The lowest BCUT2D eigenvalue weighted by Crippen LogP contribution is -2.15. The third-order valence-corrected chi connectivity index (χ3v) is 5.89. The number of carbonyl (C=O) groups is 1. The Hall–Kier alpha value is -2.97. The van der Waals surface area contributed by atoms with Crippen LogP contribution in [0.2, 0.25) is 0 Å². The molecule has 1 N–H and O–H groups in total. The number of carbonyl (C=O) groups excluding carboxylic acids is 1. The number of aryl methyl sites for hydroxylation is 2. The zero-order chi connectivity index (χ0) is 20.4. The van der Waals surface area contributed by atoms with Gasteiger partial charge < -0.3 is 4.42 Å². The molecule has 29 heavy (non-hydrogen) atoms. The van der Waals surface area contributed by atoms with Crippen molar-refractivity contribution in [3.8, 4) is 0 Å². The van der Waals surface area contributed by atoms with E-state index in [1.54, 1.807) is 6.07 Å². The van der Waals surface area contributed by atoms with Crippen LogP contribution in [0.15, 0.2) is 62.9 Å². The van der Waals surface area contributed by atoms with Crippen LogP contribution in [-0.2, 0) is 5.75 Å². The second kappa shape index (κ2) is 8.18. The van der Waals surface area contributed by atoms with Crippen molar-refractivity contribution in [1.29, 1.82) is 0 Å². The van der Waals surface area contributed by atoms with Crippen LogP contribution in [0, 0.1) is 13.8 Å². The lowest BCUT2D eigenvalue weighted by molar-refractivity contribution is 0.0997. The van der Waals surface area contributed by atoms with Crippen LogP contribution >= 0.6 is 23.3 Å². The number of hydrogen-bond donors (Lipinski definition) is 1. The average molecular weight is 424 g/mol. The summed E-state index contributed by atoms with van der Waals surface area (Å²) in [6, 6.07) is 14.9. The van der Waals surface area contributed by atoms with E-state index in [0.29, 0.717) is 21.3 Å². The molecule has 0 unspecified atom stereocenters. The minimum atomic E-state index is -0.528. The van der Waals surface area contributed by atoms with Gasteiger partial charge >= 0.3 is 0 Å². The maximum absolute atomic E-state index is 12.6. The van der Waals surface area contributed by atoms with Gasteiger partial charge in [0, 0.05) is 23.4 Å². The van der Waals surface area contributed by atoms with Crippen molar-refractivity contribution in [2.45, 2.75) is 24.8 Å². The number of hydrogen-bond acceptors (Lipinski definition) is 7. The fourth-order valence-electron chi connectivity index (χ4n) is 2.92. The first-order chi connectivity index (χ1) is 14.0.